The fourth-order valence-electron chi connectivity index (χ4n) is 3.56. The highest BCUT2D eigenvalue weighted by atomic mass is 16.2. The Morgan fingerprint density at radius 2 is 1.83 bits per heavy atom. The van der Waals surface area contributed by atoms with Gasteiger partial charge in [0.25, 0.3) is 5.56 Å². The summed E-state index contributed by atoms with van der Waals surface area (Å²) < 4.78 is 1.08. The SMILES string of the molecule is Cn1c(=O)cc(N2CC3CN(c4ccncn4)CC3C2)[nH]c1=O. The van der Waals surface area contributed by atoms with E-state index in [1.807, 2.05) is 6.07 Å². The summed E-state index contributed by atoms with van der Waals surface area (Å²) in [5.74, 6) is 2.61. The van der Waals surface area contributed by atoms with Gasteiger partial charge in [-0.2, -0.15) is 0 Å². The maximum atomic E-state index is 11.8. The molecule has 0 saturated carbocycles. The van der Waals surface area contributed by atoms with E-state index in [1.165, 1.54) is 13.1 Å². The Morgan fingerprint density at radius 1 is 1.13 bits per heavy atom. The standard InChI is InChI=1S/C15H18N6O2/c1-19-14(22)4-13(18-15(19)23)21-7-10-5-20(6-11(10)8-21)12-2-3-16-9-17-12/h2-4,9-11H,5-8H2,1H3,(H,18,23). The molecule has 2 aliphatic rings. The first-order valence-corrected chi connectivity index (χ1v) is 7.68. The largest absolute Gasteiger partial charge is 0.357 e. The maximum absolute atomic E-state index is 11.8. The van der Waals surface area contributed by atoms with Gasteiger partial charge in [0.15, 0.2) is 0 Å². The van der Waals surface area contributed by atoms with Crippen LogP contribution in [0.25, 0.3) is 0 Å². The van der Waals surface area contributed by atoms with Crippen molar-refractivity contribution < 1.29 is 0 Å². The van der Waals surface area contributed by atoms with E-state index in [2.05, 4.69) is 24.8 Å². The quantitative estimate of drug-likeness (QED) is 0.799. The predicted octanol–water partition coefficient (Wildman–Crippen LogP) is -0.564. The Labute approximate surface area is 132 Å². The molecule has 2 unspecified atom stereocenters. The fourth-order valence-corrected chi connectivity index (χ4v) is 3.56. The second-order valence-electron chi connectivity index (χ2n) is 6.25. The zero-order valence-corrected chi connectivity index (χ0v) is 12.8. The van der Waals surface area contributed by atoms with Crippen LogP contribution in [0.2, 0.25) is 0 Å². The van der Waals surface area contributed by atoms with E-state index in [0.717, 1.165) is 36.6 Å². The Hall–Kier alpha value is -2.64. The number of nitrogens with zero attached hydrogens (tertiary/aromatic N) is 5. The summed E-state index contributed by atoms with van der Waals surface area (Å²) in [5, 5.41) is 0. The molecule has 23 heavy (non-hydrogen) atoms. The predicted molar refractivity (Wildman–Crippen MR) is 85.7 cm³/mol. The average molecular weight is 314 g/mol. The van der Waals surface area contributed by atoms with Crippen molar-refractivity contribution in [2.24, 2.45) is 18.9 Å². The summed E-state index contributed by atoms with van der Waals surface area (Å²) in [4.78, 5) is 39.0. The van der Waals surface area contributed by atoms with Crippen molar-refractivity contribution in [3.8, 4) is 0 Å². The van der Waals surface area contributed by atoms with Crippen LogP contribution in [0.1, 0.15) is 0 Å². The minimum Gasteiger partial charge on any atom is -0.357 e. The number of H-pyrrole nitrogens is 1. The van der Waals surface area contributed by atoms with Crippen LogP contribution >= 0.6 is 0 Å². The van der Waals surface area contributed by atoms with Crippen LogP contribution in [0.3, 0.4) is 0 Å². The van der Waals surface area contributed by atoms with Crippen molar-refractivity contribution in [3.05, 3.63) is 45.5 Å². The number of anilines is 2. The number of hydrogen-bond donors (Lipinski definition) is 1. The normalized spacial score (nSPS) is 23.3. The summed E-state index contributed by atoms with van der Waals surface area (Å²) in [6.07, 6.45) is 3.33. The highest BCUT2D eigenvalue weighted by Crippen LogP contribution is 2.34. The van der Waals surface area contributed by atoms with Crippen LogP contribution in [0.15, 0.2) is 34.2 Å². The minimum atomic E-state index is -0.368. The molecule has 2 aliphatic heterocycles. The average Bonchev–Trinajstić information content (AvgIpc) is 3.12. The van der Waals surface area contributed by atoms with Gasteiger partial charge in [-0.3, -0.25) is 14.3 Å². The van der Waals surface area contributed by atoms with E-state index in [9.17, 15) is 9.59 Å². The van der Waals surface area contributed by atoms with Crippen LogP contribution in [-0.2, 0) is 7.05 Å². The summed E-state index contributed by atoms with van der Waals surface area (Å²) >= 11 is 0. The van der Waals surface area contributed by atoms with Gasteiger partial charge >= 0.3 is 5.69 Å². The van der Waals surface area contributed by atoms with E-state index in [1.54, 1.807) is 12.5 Å². The molecule has 0 radical (unpaired) electrons. The lowest BCUT2D eigenvalue weighted by Crippen LogP contribution is -2.36. The van der Waals surface area contributed by atoms with Crippen LogP contribution in [0.4, 0.5) is 11.6 Å². The molecule has 0 aliphatic carbocycles. The van der Waals surface area contributed by atoms with Crippen molar-refractivity contribution in [2.75, 3.05) is 36.0 Å². The lowest BCUT2D eigenvalue weighted by molar-refractivity contribution is 0.533. The molecule has 0 bridgehead atoms. The summed E-state index contributed by atoms with van der Waals surface area (Å²) in [7, 11) is 1.48. The molecule has 4 heterocycles. The van der Waals surface area contributed by atoms with Crippen LogP contribution in [-0.4, -0.2) is 45.7 Å². The molecule has 0 amide bonds. The molecule has 8 heteroatoms. The number of hydrogen-bond acceptors (Lipinski definition) is 6. The van der Waals surface area contributed by atoms with Gasteiger partial charge in [-0.25, -0.2) is 14.8 Å². The van der Waals surface area contributed by atoms with Gasteiger partial charge in [0, 0.05) is 57.3 Å². The van der Waals surface area contributed by atoms with Crippen LogP contribution in [0.5, 0.6) is 0 Å². The lowest BCUT2D eigenvalue weighted by atomic mass is 10.0. The summed E-state index contributed by atoms with van der Waals surface area (Å²) in [5.41, 5.74) is -0.643. The Balaban J connectivity index is 1.51. The second-order valence-corrected chi connectivity index (χ2v) is 6.25. The first-order chi connectivity index (χ1) is 11.1. The van der Waals surface area contributed by atoms with E-state index in [4.69, 9.17) is 0 Å². The molecule has 1 N–H and O–H groups in total. The van der Waals surface area contributed by atoms with E-state index >= 15 is 0 Å². The van der Waals surface area contributed by atoms with Crippen LogP contribution < -0.4 is 21.0 Å². The maximum Gasteiger partial charge on any atom is 0.329 e. The van der Waals surface area contributed by atoms with Crippen molar-refractivity contribution in [1.29, 1.82) is 0 Å². The third-order valence-corrected chi connectivity index (χ3v) is 4.85. The molecule has 2 saturated heterocycles. The molecule has 2 aromatic rings. The molecule has 4 rings (SSSR count). The zero-order chi connectivity index (χ0) is 16.0. The number of fused-ring (bicyclic) bond motifs is 1. The molecule has 120 valence electrons. The van der Waals surface area contributed by atoms with E-state index in [-0.39, 0.29) is 11.2 Å². The van der Waals surface area contributed by atoms with E-state index in [0.29, 0.717) is 17.7 Å². The summed E-state index contributed by atoms with van der Waals surface area (Å²) in [6, 6.07) is 3.43. The van der Waals surface area contributed by atoms with Gasteiger partial charge in [-0.05, 0) is 6.07 Å². The molecule has 0 aromatic carbocycles. The molecule has 2 atom stereocenters. The third-order valence-electron chi connectivity index (χ3n) is 4.85. The van der Waals surface area contributed by atoms with Gasteiger partial charge in [-0.1, -0.05) is 0 Å². The van der Waals surface area contributed by atoms with Gasteiger partial charge in [-0.15, -0.1) is 0 Å². The smallest absolute Gasteiger partial charge is 0.329 e. The molecular formula is C15H18N6O2. The Kier molecular flexibility index (Phi) is 3.17. The molecule has 8 nitrogen and oxygen atoms in total. The van der Waals surface area contributed by atoms with Crippen molar-refractivity contribution in [3.63, 3.8) is 0 Å². The zero-order valence-electron chi connectivity index (χ0n) is 12.8. The number of rotatable bonds is 2. The van der Waals surface area contributed by atoms with Crippen molar-refractivity contribution in [1.82, 2.24) is 19.5 Å². The topological polar surface area (TPSA) is 87.1 Å². The number of aromatic amines is 1. The van der Waals surface area contributed by atoms with Gasteiger partial charge in [0.2, 0.25) is 0 Å². The molecule has 2 fully saturated rings. The van der Waals surface area contributed by atoms with Gasteiger partial charge in [0.1, 0.15) is 18.0 Å². The molecule has 0 spiro atoms. The highest BCUT2D eigenvalue weighted by Gasteiger charge is 2.40. The fraction of sp³-hybridized carbons (Fsp3) is 0.467. The summed E-state index contributed by atoms with van der Waals surface area (Å²) in [6.45, 7) is 3.56. The van der Waals surface area contributed by atoms with Crippen LogP contribution in [0, 0.1) is 11.8 Å². The minimum absolute atomic E-state index is 0.275. The highest BCUT2D eigenvalue weighted by molar-refractivity contribution is 5.43. The first kappa shape index (κ1) is 14.0. The Morgan fingerprint density at radius 3 is 2.43 bits per heavy atom. The first-order valence-electron chi connectivity index (χ1n) is 7.68. The van der Waals surface area contributed by atoms with Gasteiger partial charge in [0.05, 0.1) is 0 Å². The van der Waals surface area contributed by atoms with Gasteiger partial charge < -0.3 is 9.80 Å². The molecule has 2 aromatic heterocycles. The van der Waals surface area contributed by atoms with Crippen molar-refractivity contribution >= 4 is 11.6 Å². The van der Waals surface area contributed by atoms with E-state index < -0.39 is 0 Å². The number of nitrogens with one attached hydrogen (secondary N) is 1. The monoisotopic (exact) mass is 314 g/mol. The lowest BCUT2D eigenvalue weighted by Gasteiger charge is -2.23. The Bertz CT molecular complexity index is 785. The molecular weight excluding hydrogens is 296 g/mol. The third kappa shape index (κ3) is 2.39. The second kappa shape index (κ2) is 5.22. The number of aromatic nitrogens is 4. The van der Waals surface area contributed by atoms with Crippen molar-refractivity contribution in [2.45, 2.75) is 0 Å².